The van der Waals surface area contributed by atoms with Crippen LogP contribution in [0.3, 0.4) is 0 Å². The Morgan fingerprint density at radius 3 is 2.86 bits per heavy atom. The quantitative estimate of drug-likeness (QED) is 0.335. The van der Waals surface area contributed by atoms with Crippen molar-refractivity contribution >= 4 is 23.2 Å². The molecule has 0 aliphatic carbocycles. The number of imidazole rings is 1. The van der Waals surface area contributed by atoms with Crippen molar-refractivity contribution in [3.63, 3.8) is 0 Å². The molecule has 3 heterocycles. The van der Waals surface area contributed by atoms with Gasteiger partial charge in [0.05, 0.1) is 18.9 Å². The molecular formula is C28H26ClFN2O4. The molecule has 36 heavy (non-hydrogen) atoms. The van der Waals surface area contributed by atoms with Gasteiger partial charge in [-0.1, -0.05) is 23.7 Å². The van der Waals surface area contributed by atoms with Gasteiger partial charge in [-0.3, -0.25) is 0 Å². The van der Waals surface area contributed by atoms with E-state index < -0.39 is 17.9 Å². The van der Waals surface area contributed by atoms with E-state index in [4.69, 9.17) is 26.1 Å². The average molecular weight is 509 g/mol. The Morgan fingerprint density at radius 1 is 1.31 bits per heavy atom. The van der Waals surface area contributed by atoms with Crippen LogP contribution in [0.25, 0.3) is 28.0 Å². The molecule has 1 aliphatic rings. The second-order valence-corrected chi connectivity index (χ2v) is 9.35. The lowest BCUT2D eigenvalue weighted by Crippen LogP contribution is -2.18. The van der Waals surface area contributed by atoms with Gasteiger partial charge in [-0.2, -0.15) is 0 Å². The molecule has 0 saturated carbocycles. The lowest BCUT2D eigenvalue weighted by atomic mass is 9.88. The van der Waals surface area contributed by atoms with Gasteiger partial charge in [0.25, 0.3) is 0 Å². The first-order chi connectivity index (χ1) is 17.3. The Morgan fingerprint density at radius 2 is 2.11 bits per heavy atom. The zero-order valence-corrected chi connectivity index (χ0v) is 21.0. The van der Waals surface area contributed by atoms with E-state index >= 15 is 4.39 Å². The molecule has 5 rings (SSSR count). The van der Waals surface area contributed by atoms with E-state index in [-0.39, 0.29) is 12.4 Å². The SMILES string of the molecule is CCOC(=O)C(O)c1c(C)cn2cc(-c3cccc(Cl)c3)nc2c1-c1cc(F)c2c(c1C)CCCO2. The predicted octanol–water partition coefficient (Wildman–Crippen LogP) is 6.00. The fourth-order valence-corrected chi connectivity index (χ4v) is 5.12. The summed E-state index contributed by atoms with van der Waals surface area (Å²) in [5.74, 6) is -0.989. The first-order valence-corrected chi connectivity index (χ1v) is 12.3. The van der Waals surface area contributed by atoms with E-state index in [0.29, 0.717) is 51.6 Å². The molecule has 0 saturated heterocycles. The van der Waals surface area contributed by atoms with Crippen LogP contribution in [-0.2, 0) is 16.0 Å². The van der Waals surface area contributed by atoms with E-state index in [1.54, 1.807) is 26.1 Å². The van der Waals surface area contributed by atoms with Gasteiger partial charge < -0.3 is 19.0 Å². The van der Waals surface area contributed by atoms with Crippen LogP contribution < -0.4 is 4.74 Å². The van der Waals surface area contributed by atoms with Gasteiger partial charge in [0.15, 0.2) is 17.7 Å². The standard InChI is InChI=1S/C28H26ClFN2O4/c1-4-35-28(34)25(33)23-15(2)13-32-14-22(17-7-5-8-18(29)11-17)31-27(32)24(23)20-12-21(30)26-19(16(20)3)9-6-10-36-26/h5,7-8,11-14,25,33H,4,6,9-10H2,1-3H3. The zero-order valence-electron chi connectivity index (χ0n) is 20.3. The molecule has 4 aromatic rings. The lowest BCUT2D eigenvalue weighted by Gasteiger charge is -2.24. The number of aromatic nitrogens is 2. The minimum Gasteiger partial charge on any atom is -0.490 e. The van der Waals surface area contributed by atoms with Gasteiger partial charge in [-0.25, -0.2) is 14.2 Å². The number of fused-ring (bicyclic) bond motifs is 2. The second kappa shape index (κ2) is 9.56. The van der Waals surface area contributed by atoms with E-state index in [0.717, 1.165) is 23.1 Å². The predicted molar refractivity (Wildman–Crippen MR) is 136 cm³/mol. The second-order valence-electron chi connectivity index (χ2n) is 8.91. The largest absolute Gasteiger partial charge is 0.490 e. The van der Waals surface area contributed by atoms with Crippen molar-refractivity contribution in [2.45, 2.75) is 39.7 Å². The summed E-state index contributed by atoms with van der Waals surface area (Å²) in [7, 11) is 0. The maximum absolute atomic E-state index is 15.3. The zero-order chi connectivity index (χ0) is 25.6. The molecule has 0 bridgehead atoms. The summed E-state index contributed by atoms with van der Waals surface area (Å²) in [6, 6.07) is 8.74. The number of pyridine rings is 1. The molecule has 0 amide bonds. The number of aryl methyl sites for hydroxylation is 1. The molecule has 2 aromatic carbocycles. The summed E-state index contributed by atoms with van der Waals surface area (Å²) in [6.45, 7) is 5.97. The molecule has 1 N–H and O–H groups in total. The summed E-state index contributed by atoms with van der Waals surface area (Å²) in [6.07, 6.45) is 3.54. The average Bonchev–Trinajstić information content (AvgIpc) is 3.29. The van der Waals surface area contributed by atoms with Gasteiger partial charge >= 0.3 is 5.97 Å². The third kappa shape index (κ3) is 4.12. The number of hydrogen-bond donors (Lipinski definition) is 1. The number of esters is 1. The first-order valence-electron chi connectivity index (χ1n) is 11.9. The Balaban J connectivity index is 1.83. The molecule has 1 unspecified atom stereocenters. The van der Waals surface area contributed by atoms with Crippen molar-refractivity contribution in [2.75, 3.05) is 13.2 Å². The van der Waals surface area contributed by atoms with Crippen LogP contribution in [0.15, 0.2) is 42.7 Å². The molecule has 1 aliphatic heterocycles. The number of carbonyl (C=O) groups excluding carboxylic acids is 1. The van der Waals surface area contributed by atoms with Gasteiger partial charge in [-0.15, -0.1) is 0 Å². The van der Waals surface area contributed by atoms with Crippen molar-refractivity contribution in [3.05, 3.63) is 75.8 Å². The molecular weight excluding hydrogens is 483 g/mol. The molecule has 0 spiro atoms. The maximum Gasteiger partial charge on any atom is 0.339 e. The van der Waals surface area contributed by atoms with Crippen molar-refractivity contribution in [1.82, 2.24) is 9.38 Å². The monoisotopic (exact) mass is 508 g/mol. The first kappa shape index (κ1) is 24.3. The smallest absolute Gasteiger partial charge is 0.339 e. The van der Waals surface area contributed by atoms with Crippen LogP contribution in [0.5, 0.6) is 5.75 Å². The number of ether oxygens (including phenoxy) is 2. The maximum atomic E-state index is 15.3. The van der Waals surface area contributed by atoms with E-state index in [1.807, 2.05) is 35.7 Å². The van der Waals surface area contributed by atoms with Gasteiger partial charge in [0.2, 0.25) is 0 Å². The third-order valence-corrected chi connectivity index (χ3v) is 6.83. The Bertz CT molecular complexity index is 1500. The minimum atomic E-state index is -1.56. The molecule has 2 aromatic heterocycles. The van der Waals surface area contributed by atoms with Crippen LogP contribution in [0.2, 0.25) is 5.02 Å². The number of aliphatic hydroxyl groups excluding tert-OH is 1. The van der Waals surface area contributed by atoms with Crippen LogP contribution in [0.4, 0.5) is 4.39 Å². The highest BCUT2D eigenvalue weighted by atomic mass is 35.5. The fourth-order valence-electron chi connectivity index (χ4n) is 4.93. The lowest BCUT2D eigenvalue weighted by molar-refractivity contribution is -0.153. The summed E-state index contributed by atoms with van der Waals surface area (Å²) in [5, 5.41) is 11.7. The highest BCUT2D eigenvalue weighted by Gasteiger charge is 2.30. The highest BCUT2D eigenvalue weighted by molar-refractivity contribution is 6.30. The van der Waals surface area contributed by atoms with Crippen LogP contribution >= 0.6 is 11.6 Å². The summed E-state index contributed by atoms with van der Waals surface area (Å²) >= 11 is 6.21. The van der Waals surface area contributed by atoms with Crippen molar-refractivity contribution < 1.29 is 23.8 Å². The van der Waals surface area contributed by atoms with E-state index in [1.165, 1.54) is 6.07 Å². The molecule has 8 heteroatoms. The summed E-state index contributed by atoms with van der Waals surface area (Å²) in [4.78, 5) is 17.5. The Labute approximate surface area is 213 Å². The Kier molecular flexibility index (Phi) is 6.45. The number of rotatable bonds is 5. The number of aliphatic hydroxyl groups is 1. The van der Waals surface area contributed by atoms with E-state index in [2.05, 4.69) is 0 Å². The molecule has 6 nitrogen and oxygen atoms in total. The topological polar surface area (TPSA) is 73.1 Å². The van der Waals surface area contributed by atoms with Gasteiger partial charge in [0, 0.05) is 39.7 Å². The summed E-state index contributed by atoms with van der Waals surface area (Å²) in [5.41, 5.74) is 5.56. The number of benzene rings is 2. The van der Waals surface area contributed by atoms with Crippen molar-refractivity contribution in [3.8, 4) is 28.1 Å². The Hall–Kier alpha value is -3.42. The number of hydrogen-bond acceptors (Lipinski definition) is 5. The van der Waals surface area contributed by atoms with Gasteiger partial charge in [0.1, 0.15) is 5.65 Å². The van der Waals surface area contributed by atoms with E-state index in [9.17, 15) is 9.90 Å². The molecule has 0 fully saturated rings. The molecule has 1 atom stereocenters. The normalized spacial score (nSPS) is 13.8. The van der Waals surface area contributed by atoms with Gasteiger partial charge in [-0.05, 0) is 68.5 Å². The highest BCUT2D eigenvalue weighted by Crippen LogP contribution is 2.42. The van der Waals surface area contributed by atoms with Crippen LogP contribution in [0, 0.1) is 19.7 Å². The third-order valence-electron chi connectivity index (χ3n) is 6.59. The number of carbonyl (C=O) groups is 1. The summed E-state index contributed by atoms with van der Waals surface area (Å²) < 4.78 is 27.9. The molecule has 186 valence electrons. The van der Waals surface area contributed by atoms with Crippen molar-refractivity contribution in [1.29, 1.82) is 0 Å². The number of nitrogens with zero attached hydrogens (tertiary/aromatic N) is 2. The van der Waals surface area contributed by atoms with Crippen LogP contribution in [-0.4, -0.2) is 33.7 Å². The molecule has 0 radical (unpaired) electrons. The van der Waals surface area contributed by atoms with Crippen LogP contribution in [0.1, 0.15) is 41.7 Å². The minimum absolute atomic E-state index is 0.124. The fraction of sp³-hybridized carbons (Fsp3) is 0.286. The van der Waals surface area contributed by atoms with Crippen molar-refractivity contribution in [2.24, 2.45) is 0 Å². The number of halogens is 2.